The molecule has 0 aromatic heterocycles. The van der Waals surface area contributed by atoms with Gasteiger partial charge >= 0.3 is 0 Å². The molecule has 0 amide bonds. The highest BCUT2D eigenvalue weighted by Crippen LogP contribution is 2.50. The lowest BCUT2D eigenvalue weighted by molar-refractivity contribution is 0.395. The minimum Gasteiger partial charge on any atom is -0.497 e. The molecule has 6 nitrogen and oxygen atoms in total. The van der Waals surface area contributed by atoms with Gasteiger partial charge in [0.15, 0.2) is 0 Å². The van der Waals surface area contributed by atoms with Crippen molar-refractivity contribution in [3.8, 4) is 11.5 Å². The van der Waals surface area contributed by atoms with Gasteiger partial charge in [0.05, 0.1) is 30.8 Å². The number of benzene rings is 3. The molecule has 1 aliphatic heterocycles. The van der Waals surface area contributed by atoms with E-state index in [1.807, 2.05) is 6.07 Å². The van der Waals surface area contributed by atoms with Crippen LogP contribution >= 0.6 is 0 Å². The molecule has 3 aromatic carbocycles. The number of anilines is 2. The highest BCUT2D eigenvalue weighted by atomic mass is 32.2. The summed E-state index contributed by atoms with van der Waals surface area (Å²) in [6, 6.07) is 19.1. The molecule has 0 saturated heterocycles. The average molecular weight is 477 g/mol. The van der Waals surface area contributed by atoms with Gasteiger partial charge in [0.2, 0.25) is 0 Å². The van der Waals surface area contributed by atoms with Crippen LogP contribution in [0.3, 0.4) is 0 Å². The second-order valence-corrected chi connectivity index (χ2v) is 10.5. The minimum atomic E-state index is -3.82. The lowest BCUT2D eigenvalue weighted by Crippen LogP contribution is -2.29. The maximum atomic E-state index is 13.3. The molecular formula is C27H28N2O4S. The van der Waals surface area contributed by atoms with Crippen molar-refractivity contribution in [3.63, 3.8) is 0 Å². The molecule has 0 unspecified atom stereocenters. The topological polar surface area (TPSA) is 76.7 Å². The van der Waals surface area contributed by atoms with E-state index in [0.717, 1.165) is 17.7 Å². The first-order valence-electron chi connectivity index (χ1n) is 11.3. The predicted molar refractivity (Wildman–Crippen MR) is 134 cm³/mol. The van der Waals surface area contributed by atoms with Crippen molar-refractivity contribution in [2.24, 2.45) is 5.92 Å². The van der Waals surface area contributed by atoms with E-state index in [9.17, 15) is 8.42 Å². The van der Waals surface area contributed by atoms with Crippen LogP contribution < -0.4 is 19.5 Å². The van der Waals surface area contributed by atoms with E-state index in [-0.39, 0.29) is 16.9 Å². The molecule has 1 aliphatic carbocycles. The molecule has 2 N–H and O–H groups in total. The number of aryl methyl sites for hydroxylation is 1. The number of fused-ring (bicyclic) bond motifs is 3. The summed E-state index contributed by atoms with van der Waals surface area (Å²) < 4.78 is 39.8. The summed E-state index contributed by atoms with van der Waals surface area (Å²) in [6.07, 6.45) is 5.37. The number of allylic oxidation sites excluding steroid dienone is 2. The fourth-order valence-corrected chi connectivity index (χ4v) is 6.04. The quantitative estimate of drug-likeness (QED) is 0.450. The highest BCUT2D eigenvalue weighted by Gasteiger charge is 2.38. The fraction of sp³-hybridized carbons (Fsp3) is 0.259. The SMILES string of the molecule is COc1ccc(NS(=O)(=O)c2ccc3c(c2)[C@H]2C=CC[C@H]2[C@@H](c2ccc(C)cc2)N3)c(OC)c1. The molecule has 34 heavy (non-hydrogen) atoms. The third kappa shape index (κ3) is 4.01. The number of ether oxygens (including phenoxy) is 2. The average Bonchev–Trinajstić information content (AvgIpc) is 3.34. The van der Waals surface area contributed by atoms with E-state index >= 15 is 0 Å². The van der Waals surface area contributed by atoms with Crippen molar-refractivity contribution >= 4 is 21.4 Å². The first-order chi connectivity index (χ1) is 16.4. The second-order valence-electron chi connectivity index (χ2n) is 8.81. The van der Waals surface area contributed by atoms with E-state index < -0.39 is 10.0 Å². The number of rotatable bonds is 6. The summed E-state index contributed by atoms with van der Waals surface area (Å²) >= 11 is 0. The van der Waals surface area contributed by atoms with Crippen molar-refractivity contribution < 1.29 is 17.9 Å². The Labute approximate surface area is 200 Å². The zero-order valence-corrected chi connectivity index (χ0v) is 20.2. The van der Waals surface area contributed by atoms with Crippen molar-refractivity contribution in [1.29, 1.82) is 0 Å². The Morgan fingerprint density at radius 2 is 1.76 bits per heavy atom. The van der Waals surface area contributed by atoms with Gasteiger partial charge in [-0.3, -0.25) is 4.72 Å². The number of hydrogen-bond acceptors (Lipinski definition) is 5. The zero-order chi connectivity index (χ0) is 23.9. The molecule has 3 aromatic rings. The van der Waals surface area contributed by atoms with Crippen LogP contribution in [0, 0.1) is 12.8 Å². The van der Waals surface area contributed by atoms with E-state index in [1.54, 1.807) is 37.4 Å². The standard InChI is InChI=1S/C27H28N2O4S/c1-17-7-9-18(10-8-17)27-22-6-4-5-21(22)23-16-20(12-14-24(23)28-27)34(30,31)29-25-13-11-19(32-2)15-26(25)33-3/h4-5,7-16,21-22,27-29H,6H2,1-3H3/t21-,22+,27+/m0/s1. The van der Waals surface area contributed by atoms with Crippen LogP contribution in [0.15, 0.2) is 77.7 Å². The summed E-state index contributed by atoms with van der Waals surface area (Å²) in [5.41, 5.74) is 4.82. The van der Waals surface area contributed by atoms with Gasteiger partial charge in [-0.2, -0.15) is 0 Å². The van der Waals surface area contributed by atoms with Gasteiger partial charge in [0.1, 0.15) is 11.5 Å². The molecule has 176 valence electrons. The molecule has 1 heterocycles. The van der Waals surface area contributed by atoms with E-state index in [2.05, 4.69) is 53.4 Å². The lowest BCUT2D eigenvalue weighted by atomic mass is 9.77. The van der Waals surface area contributed by atoms with Gasteiger partial charge in [-0.1, -0.05) is 42.0 Å². The molecule has 0 saturated carbocycles. The monoisotopic (exact) mass is 476 g/mol. The first-order valence-corrected chi connectivity index (χ1v) is 12.8. The smallest absolute Gasteiger partial charge is 0.262 e. The third-order valence-electron chi connectivity index (χ3n) is 6.73. The number of sulfonamides is 1. The second kappa shape index (κ2) is 8.72. The van der Waals surface area contributed by atoms with Gasteiger partial charge in [-0.05, 0) is 60.7 Å². The third-order valence-corrected chi connectivity index (χ3v) is 8.10. The summed E-state index contributed by atoms with van der Waals surface area (Å²) in [5.74, 6) is 1.47. The van der Waals surface area contributed by atoms with Gasteiger partial charge in [-0.25, -0.2) is 8.42 Å². The minimum absolute atomic E-state index is 0.160. The Kier molecular flexibility index (Phi) is 5.73. The van der Waals surface area contributed by atoms with Gasteiger partial charge in [-0.15, -0.1) is 0 Å². The Hall–Kier alpha value is -3.45. The van der Waals surface area contributed by atoms with E-state index in [4.69, 9.17) is 9.47 Å². The van der Waals surface area contributed by atoms with Crippen molar-refractivity contribution in [1.82, 2.24) is 0 Å². The first kappa shape index (κ1) is 22.3. The van der Waals surface area contributed by atoms with Crippen LogP contribution in [0.1, 0.15) is 35.1 Å². The normalized spacial score (nSPS) is 20.7. The lowest BCUT2D eigenvalue weighted by Gasteiger charge is -2.37. The summed E-state index contributed by atoms with van der Waals surface area (Å²) in [6.45, 7) is 2.09. The number of methoxy groups -OCH3 is 2. The van der Waals surface area contributed by atoms with Crippen LogP contribution in [0.5, 0.6) is 11.5 Å². The molecule has 7 heteroatoms. The van der Waals surface area contributed by atoms with Crippen molar-refractivity contribution in [3.05, 3.63) is 89.5 Å². The predicted octanol–water partition coefficient (Wildman–Crippen LogP) is 5.64. The van der Waals surface area contributed by atoms with Crippen LogP contribution in [0.4, 0.5) is 11.4 Å². The fourth-order valence-electron chi connectivity index (χ4n) is 4.93. The highest BCUT2D eigenvalue weighted by molar-refractivity contribution is 7.92. The summed E-state index contributed by atoms with van der Waals surface area (Å²) in [5, 5.41) is 3.67. The summed E-state index contributed by atoms with van der Waals surface area (Å²) in [7, 11) is -0.777. The van der Waals surface area contributed by atoms with Gasteiger partial charge < -0.3 is 14.8 Å². The summed E-state index contributed by atoms with van der Waals surface area (Å²) in [4.78, 5) is 0.221. The van der Waals surface area contributed by atoms with Gasteiger partial charge in [0.25, 0.3) is 10.0 Å². The number of nitrogens with one attached hydrogen (secondary N) is 2. The van der Waals surface area contributed by atoms with Crippen LogP contribution in [-0.2, 0) is 10.0 Å². The maximum Gasteiger partial charge on any atom is 0.262 e. The molecule has 2 aliphatic rings. The molecule has 0 spiro atoms. The van der Waals surface area contributed by atoms with Gasteiger partial charge in [0, 0.05) is 17.7 Å². The molecule has 0 radical (unpaired) electrons. The Balaban J connectivity index is 1.47. The largest absolute Gasteiger partial charge is 0.497 e. The molecule has 0 bridgehead atoms. The number of hydrogen-bond donors (Lipinski definition) is 2. The molecular weight excluding hydrogens is 448 g/mol. The molecule has 0 fully saturated rings. The van der Waals surface area contributed by atoms with E-state index in [1.165, 1.54) is 18.2 Å². The zero-order valence-electron chi connectivity index (χ0n) is 19.4. The Bertz CT molecular complexity index is 1350. The Morgan fingerprint density at radius 3 is 2.50 bits per heavy atom. The van der Waals surface area contributed by atoms with Crippen LogP contribution in [-0.4, -0.2) is 22.6 Å². The molecule has 5 rings (SSSR count). The maximum absolute atomic E-state index is 13.3. The van der Waals surface area contributed by atoms with Crippen molar-refractivity contribution in [2.45, 2.75) is 30.2 Å². The van der Waals surface area contributed by atoms with Crippen LogP contribution in [0.2, 0.25) is 0 Å². The van der Waals surface area contributed by atoms with Crippen molar-refractivity contribution in [2.75, 3.05) is 24.3 Å². The van der Waals surface area contributed by atoms with E-state index in [0.29, 0.717) is 23.1 Å². The van der Waals surface area contributed by atoms with Crippen LogP contribution in [0.25, 0.3) is 0 Å². The molecule has 3 atom stereocenters. The Morgan fingerprint density at radius 1 is 0.971 bits per heavy atom.